The van der Waals surface area contributed by atoms with Gasteiger partial charge in [-0.3, -0.25) is 0 Å². The zero-order valence-electron chi connectivity index (χ0n) is 18.7. The predicted octanol–water partition coefficient (Wildman–Crippen LogP) is 3.12. The average Bonchev–Trinajstić information content (AvgIpc) is 3.17. The predicted molar refractivity (Wildman–Crippen MR) is 126 cm³/mol. The van der Waals surface area contributed by atoms with Gasteiger partial charge in [-0.05, 0) is 47.4 Å². The van der Waals surface area contributed by atoms with Crippen LogP contribution in [0.15, 0.2) is 78.9 Å². The van der Waals surface area contributed by atoms with Crippen molar-refractivity contribution >= 4 is 7.85 Å². The molecular weight excluding hydrogens is 403 g/mol. The number of ether oxygens (including phenoxy) is 4. The third-order valence-electron chi connectivity index (χ3n) is 6.05. The van der Waals surface area contributed by atoms with Crippen molar-refractivity contribution in [3.63, 3.8) is 0 Å². The van der Waals surface area contributed by atoms with Gasteiger partial charge in [0.2, 0.25) is 0 Å². The Hall–Kier alpha value is -2.80. The number of aliphatic hydroxyl groups is 1. The van der Waals surface area contributed by atoms with Crippen LogP contribution in [0.5, 0.6) is 11.5 Å². The van der Waals surface area contributed by atoms with E-state index in [1.807, 2.05) is 74.6 Å². The highest BCUT2D eigenvalue weighted by Gasteiger charge is 2.40. The topological polar surface area (TPSA) is 57.2 Å². The van der Waals surface area contributed by atoms with Crippen molar-refractivity contribution in [1.29, 1.82) is 0 Å². The highest BCUT2D eigenvalue weighted by molar-refractivity contribution is 6.11. The summed E-state index contributed by atoms with van der Waals surface area (Å²) in [6.45, 7) is 0.248. The van der Waals surface area contributed by atoms with E-state index >= 15 is 0 Å². The first-order valence-electron chi connectivity index (χ1n) is 10.9. The van der Waals surface area contributed by atoms with Gasteiger partial charge >= 0.3 is 0 Å². The number of rotatable bonds is 8. The van der Waals surface area contributed by atoms with Crippen LogP contribution in [-0.4, -0.2) is 52.0 Å². The van der Waals surface area contributed by atoms with E-state index in [2.05, 4.69) is 12.1 Å². The quantitative estimate of drug-likeness (QED) is 0.438. The molecule has 0 aromatic heterocycles. The third-order valence-corrected chi connectivity index (χ3v) is 6.05. The standard InChI is InChI=1S/C26H29BO5/c1-29-21-12-8-19(9-13-21)26(18-6-4-3-5-7-18,20-10-14-22(30-2)15-11-20)31-17-24-23(28)16-25(27)32-24/h3-15,23-25,28H,16-17,27H2,1-2H3/t23?,24-,25-/m1/s1. The molecule has 5 nitrogen and oxygen atoms in total. The Balaban J connectivity index is 1.84. The largest absolute Gasteiger partial charge is 0.497 e. The molecule has 1 heterocycles. The summed E-state index contributed by atoms with van der Waals surface area (Å²) in [6, 6.07) is 25.9. The van der Waals surface area contributed by atoms with Crippen molar-refractivity contribution in [2.45, 2.75) is 30.2 Å². The van der Waals surface area contributed by atoms with Gasteiger partial charge in [-0.25, -0.2) is 0 Å². The summed E-state index contributed by atoms with van der Waals surface area (Å²) in [7, 11) is 5.28. The molecule has 32 heavy (non-hydrogen) atoms. The molecule has 0 spiro atoms. The third kappa shape index (κ3) is 4.39. The Labute approximate surface area is 190 Å². The van der Waals surface area contributed by atoms with Crippen LogP contribution in [0.25, 0.3) is 0 Å². The summed E-state index contributed by atoms with van der Waals surface area (Å²) in [4.78, 5) is 0. The molecule has 1 unspecified atom stereocenters. The molecule has 0 amide bonds. The lowest BCUT2D eigenvalue weighted by molar-refractivity contribution is -0.0737. The molecule has 1 N–H and O–H groups in total. The first kappa shape index (κ1) is 22.4. The molecule has 1 saturated heterocycles. The van der Waals surface area contributed by atoms with E-state index in [0.29, 0.717) is 6.42 Å². The zero-order valence-corrected chi connectivity index (χ0v) is 18.7. The minimum Gasteiger partial charge on any atom is -0.497 e. The summed E-state index contributed by atoms with van der Waals surface area (Å²) in [6.07, 6.45) is -0.327. The molecule has 1 fully saturated rings. The Morgan fingerprint density at radius 3 is 1.78 bits per heavy atom. The maximum absolute atomic E-state index is 10.5. The van der Waals surface area contributed by atoms with E-state index < -0.39 is 11.7 Å². The summed E-state index contributed by atoms with van der Waals surface area (Å²) in [5, 5.41) is 10.5. The molecule has 1 aliphatic heterocycles. The molecule has 1 aliphatic rings. The molecular formula is C26H29BO5. The summed E-state index contributed by atoms with van der Waals surface area (Å²) in [5.41, 5.74) is 1.98. The fourth-order valence-corrected chi connectivity index (χ4v) is 4.37. The molecule has 3 aromatic carbocycles. The van der Waals surface area contributed by atoms with Crippen molar-refractivity contribution in [1.82, 2.24) is 0 Å². The van der Waals surface area contributed by atoms with Crippen LogP contribution in [0.1, 0.15) is 23.1 Å². The van der Waals surface area contributed by atoms with Crippen molar-refractivity contribution < 1.29 is 24.1 Å². The van der Waals surface area contributed by atoms with Crippen LogP contribution in [0.3, 0.4) is 0 Å². The second-order valence-corrected chi connectivity index (χ2v) is 8.10. The van der Waals surface area contributed by atoms with Crippen LogP contribution in [0.2, 0.25) is 0 Å². The molecule has 4 rings (SSSR count). The average molecular weight is 432 g/mol. The van der Waals surface area contributed by atoms with Crippen LogP contribution < -0.4 is 9.47 Å². The van der Waals surface area contributed by atoms with Gasteiger partial charge in [0.05, 0.1) is 26.9 Å². The minimum atomic E-state index is -0.908. The van der Waals surface area contributed by atoms with Crippen LogP contribution in [-0.2, 0) is 15.1 Å². The normalized spacial score (nSPS) is 20.8. The van der Waals surface area contributed by atoms with E-state index in [0.717, 1.165) is 28.2 Å². The van der Waals surface area contributed by atoms with Gasteiger partial charge in [0.15, 0.2) is 0 Å². The maximum atomic E-state index is 10.5. The maximum Gasteiger partial charge on any atom is 0.143 e. The first-order valence-corrected chi connectivity index (χ1v) is 10.9. The summed E-state index contributed by atoms with van der Waals surface area (Å²) >= 11 is 0. The van der Waals surface area contributed by atoms with Gasteiger partial charge in [-0.15, -0.1) is 0 Å². The lowest BCUT2D eigenvalue weighted by atomic mass is 9.80. The molecule has 6 heteroatoms. The first-order chi connectivity index (χ1) is 15.6. The SMILES string of the molecule is B[C@H]1CC(O)[C@@H](COC(c2ccccc2)(c2ccc(OC)cc2)c2ccc(OC)cc2)O1. The van der Waals surface area contributed by atoms with Gasteiger partial charge < -0.3 is 24.1 Å². The smallest absolute Gasteiger partial charge is 0.143 e. The zero-order chi connectivity index (χ0) is 22.6. The fourth-order valence-electron chi connectivity index (χ4n) is 4.37. The van der Waals surface area contributed by atoms with Crippen molar-refractivity contribution in [2.75, 3.05) is 20.8 Å². The Kier molecular flexibility index (Phi) is 6.84. The summed E-state index contributed by atoms with van der Waals surface area (Å²) < 4.78 is 23.5. The fraction of sp³-hybridized carbons (Fsp3) is 0.308. The lowest BCUT2D eigenvalue weighted by Crippen LogP contribution is -2.38. The molecule has 166 valence electrons. The molecule has 0 radical (unpaired) electrons. The molecule has 0 aliphatic carbocycles. The van der Waals surface area contributed by atoms with Gasteiger partial charge in [-0.2, -0.15) is 0 Å². The second-order valence-electron chi connectivity index (χ2n) is 8.10. The minimum absolute atomic E-state index is 0.00620. The summed E-state index contributed by atoms with van der Waals surface area (Å²) in [5.74, 6) is 1.54. The van der Waals surface area contributed by atoms with Crippen LogP contribution in [0.4, 0.5) is 0 Å². The van der Waals surface area contributed by atoms with Crippen molar-refractivity contribution in [3.8, 4) is 11.5 Å². The lowest BCUT2D eigenvalue weighted by Gasteiger charge is -2.37. The molecule has 0 saturated carbocycles. The highest BCUT2D eigenvalue weighted by atomic mass is 16.6. The van der Waals surface area contributed by atoms with Crippen LogP contribution >= 0.6 is 0 Å². The number of hydrogen-bond donors (Lipinski definition) is 1. The van der Waals surface area contributed by atoms with Gasteiger partial charge in [0.1, 0.15) is 31.1 Å². The molecule has 3 aromatic rings. The molecule has 3 atom stereocenters. The van der Waals surface area contributed by atoms with Crippen molar-refractivity contribution in [2.24, 2.45) is 0 Å². The van der Waals surface area contributed by atoms with Gasteiger partial charge in [-0.1, -0.05) is 54.6 Å². The van der Waals surface area contributed by atoms with E-state index in [4.69, 9.17) is 18.9 Å². The Morgan fingerprint density at radius 2 is 1.34 bits per heavy atom. The highest BCUT2D eigenvalue weighted by Crippen LogP contribution is 2.42. The van der Waals surface area contributed by atoms with Crippen molar-refractivity contribution in [3.05, 3.63) is 95.6 Å². The Bertz CT molecular complexity index is 943. The second kappa shape index (κ2) is 9.78. The van der Waals surface area contributed by atoms with E-state index in [1.54, 1.807) is 14.2 Å². The monoisotopic (exact) mass is 432 g/mol. The number of benzene rings is 3. The van der Waals surface area contributed by atoms with E-state index in [9.17, 15) is 5.11 Å². The Morgan fingerprint density at radius 1 is 0.844 bits per heavy atom. The van der Waals surface area contributed by atoms with Crippen LogP contribution in [0, 0.1) is 0 Å². The van der Waals surface area contributed by atoms with Gasteiger partial charge in [0, 0.05) is 6.00 Å². The molecule has 0 bridgehead atoms. The number of hydrogen-bond acceptors (Lipinski definition) is 5. The van der Waals surface area contributed by atoms with E-state index in [-0.39, 0.29) is 18.7 Å². The van der Waals surface area contributed by atoms with E-state index in [1.165, 1.54) is 0 Å². The number of aliphatic hydroxyl groups excluding tert-OH is 1. The van der Waals surface area contributed by atoms with Gasteiger partial charge in [0.25, 0.3) is 0 Å². The number of methoxy groups -OCH3 is 2.